The molecule has 3 nitrogen and oxygen atoms in total. The second-order valence-corrected chi connectivity index (χ2v) is 5.07. The summed E-state index contributed by atoms with van der Waals surface area (Å²) < 4.78 is 5.25. The molecule has 1 fully saturated rings. The molecule has 0 aromatic carbocycles. The number of aromatic nitrogens is 2. The van der Waals surface area contributed by atoms with Crippen molar-refractivity contribution in [2.45, 2.75) is 51.0 Å². The highest BCUT2D eigenvalue weighted by atomic mass is 35.5. The monoisotopic (exact) mass is 254 g/mol. The fraction of sp³-hybridized carbons (Fsp3) is 0.692. The fourth-order valence-electron chi connectivity index (χ4n) is 2.35. The van der Waals surface area contributed by atoms with Crippen LogP contribution in [0.5, 0.6) is 0 Å². The Bertz CT molecular complexity index is 378. The predicted molar refractivity (Wildman–Crippen MR) is 68.3 cm³/mol. The smallest absolute Gasteiger partial charge is 0.158 e. The van der Waals surface area contributed by atoms with Crippen LogP contribution in [0.4, 0.5) is 0 Å². The van der Waals surface area contributed by atoms with Crippen molar-refractivity contribution in [3.63, 3.8) is 0 Å². The van der Waals surface area contributed by atoms with Crippen LogP contribution >= 0.6 is 11.6 Å². The highest BCUT2D eigenvalue weighted by Gasteiger charge is 2.19. The lowest BCUT2D eigenvalue weighted by molar-refractivity contribution is 0.111. The van der Waals surface area contributed by atoms with Gasteiger partial charge in [0.15, 0.2) is 5.82 Å². The molecule has 0 unspecified atom stereocenters. The van der Waals surface area contributed by atoms with E-state index in [9.17, 15) is 0 Å². The summed E-state index contributed by atoms with van der Waals surface area (Å²) >= 11 is 6.06. The van der Waals surface area contributed by atoms with Crippen molar-refractivity contribution in [2.75, 3.05) is 7.11 Å². The Kier molecular flexibility index (Phi) is 4.35. The minimum Gasteiger partial charge on any atom is -0.374 e. The molecule has 0 amide bonds. The number of hydrogen-bond acceptors (Lipinski definition) is 3. The highest BCUT2D eigenvalue weighted by molar-refractivity contribution is 6.29. The molecule has 1 saturated carbocycles. The standard InChI is InChI=1S/C13H19ClN2O/c1-9(17-2)13-15-11(8-12(14)16-13)10-6-4-3-5-7-10/h8-10H,3-7H2,1-2H3/t9-/m1/s1. The normalized spacial score (nSPS) is 19.2. The van der Waals surface area contributed by atoms with Gasteiger partial charge in [-0.1, -0.05) is 30.9 Å². The van der Waals surface area contributed by atoms with Gasteiger partial charge < -0.3 is 4.74 Å². The zero-order valence-electron chi connectivity index (χ0n) is 10.4. The van der Waals surface area contributed by atoms with Crippen LogP contribution in [0.15, 0.2) is 6.07 Å². The van der Waals surface area contributed by atoms with Gasteiger partial charge in [0.05, 0.1) is 0 Å². The van der Waals surface area contributed by atoms with Crippen molar-refractivity contribution >= 4 is 11.6 Å². The molecule has 0 bridgehead atoms. The average molecular weight is 255 g/mol. The van der Waals surface area contributed by atoms with Gasteiger partial charge in [0.1, 0.15) is 11.3 Å². The van der Waals surface area contributed by atoms with Gasteiger partial charge in [0.2, 0.25) is 0 Å². The lowest BCUT2D eigenvalue weighted by Crippen LogP contribution is -2.11. The second kappa shape index (κ2) is 5.78. The van der Waals surface area contributed by atoms with Gasteiger partial charge in [-0.25, -0.2) is 9.97 Å². The zero-order chi connectivity index (χ0) is 12.3. The van der Waals surface area contributed by atoms with Crippen LogP contribution in [0.3, 0.4) is 0 Å². The lowest BCUT2D eigenvalue weighted by atomic mass is 9.87. The summed E-state index contributed by atoms with van der Waals surface area (Å²) in [5, 5.41) is 0.527. The maximum Gasteiger partial charge on any atom is 0.158 e. The van der Waals surface area contributed by atoms with Crippen LogP contribution < -0.4 is 0 Å². The van der Waals surface area contributed by atoms with Gasteiger partial charge in [0.25, 0.3) is 0 Å². The molecule has 1 heterocycles. The van der Waals surface area contributed by atoms with Crippen LogP contribution in [0.2, 0.25) is 5.15 Å². The maximum atomic E-state index is 6.06. The third kappa shape index (κ3) is 3.17. The van der Waals surface area contributed by atoms with Crippen molar-refractivity contribution in [1.82, 2.24) is 9.97 Å². The molecule has 1 aromatic heterocycles. The number of ether oxygens (including phenoxy) is 1. The summed E-state index contributed by atoms with van der Waals surface area (Å²) in [6.07, 6.45) is 6.26. The van der Waals surface area contributed by atoms with Gasteiger partial charge in [0, 0.05) is 18.7 Å². The first-order chi connectivity index (χ1) is 8.20. The summed E-state index contributed by atoms with van der Waals surface area (Å²) in [4.78, 5) is 8.84. The van der Waals surface area contributed by atoms with Crippen LogP contribution in [0.1, 0.15) is 62.6 Å². The van der Waals surface area contributed by atoms with E-state index in [-0.39, 0.29) is 6.10 Å². The lowest BCUT2D eigenvalue weighted by Gasteiger charge is -2.22. The predicted octanol–water partition coefficient (Wildman–Crippen LogP) is 3.89. The van der Waals surface area contributed by atoms with Gasteiger partial charge in [-0.05, 0) is 25.8 Å². The van der Waals surface area contributed by atoms with Gasteiger partial charge >= 0.3 is 0 Å². The first-order valence-corrected chi connectivity index (χ1v) is 6.65. The Morgan fingerprint density at radius 1 is 1.29 bits per heavy atom. The second-order valence-electron chi connectivity index (χ2n) is 4.69. The summed E-state index contributed by atoms with van der Waals surface area (Å²) in [5.41, 5.74) is 1.09. The molecule has 17 heavy (non-hydrogen) atoms. The third-order valence-electron chi connectivity index (χ3n) is 3.47. The first-order valence-electron chi connectivity index (χ1n) is 6.28. The molecule has 1 aliphatic carbocycles. The fourth-order valence-corrected chi connectivity index (χ4v) is 2.55. The van der Waals surface area contributed by atoms with Crippen LogP contribution in [0, 0.1) is 0 Å². The van der Waals surface area contributed by atoms with Crippen LogP contribution in [0.25, 0.3) is 0 Å². The number of rotatable bonds is 3. The van der Waals surface area contributed by atoms with Crippen molar-refractivity contribution in [2.24, 2.45) is 0 Å². The molecular formula is C13H19ClN2O. The molecule has 1 aliphatic rings. The molecule has 0 N–H and O–H groups in total. The topological polar surface area (TPSA) is 35.0 Å². The van der Waals surface area contributed by atoms with E-state index < -0.39 is 0 Å². The Morgan fingerprint density at radius 3 is 2.65 bits per heavy atom. The van der Waals surface area contributed by atoms with Crippen molar-refractivity contribution in [3.05, 3.63) is 22.7 Å². The van der Waals surface area contributed by atoms with Crippen molar-refractivity contribution < 1.29 is 4.74 Å². The van der Waals surface area contributed by atoms with E-state index in [1.165, 1.54) is 32.1 Å². The Hall–Kier alpha value is -0.670. The van der Waals surface area contributed by atoms with Crippen LogP contribution in [-0.4, -0.2) is 17.1 Å². The van der Waals surface area contributed by atoms with E-state index in [1.807, 2.05) is 13.0 Å². The van der Waals surface area contributed by atoms with Gasteiger partial charge in [-0.2, -0.15) is 0 Å². The molecule has 1 aromatic rings. The SMILES string of the molecule is CO[C@H](C)c1nc(Cl)cc(C2CCCCC2)n1. The van der Waals surface area contributed by atoms with E-state index in [0.29, 0.717) is 16.9 Å². The number of methoxy groups -OCH3 is 1. The molecule has 1 atom stereocenters. The first kappa shape index (κ1) is 12.8. The molecule has 0 spiro atoms. The molecular weight excluding hydrogens is 236 g/mol. The number of hydrogen-bond donors (Lipinski definition) is 0. The molecule has 4 heteroatoms. The quantitative estimate of drug-likeness (QED) is 0.768. The zero-order valence-corrected chi connectivity index (χ0v) is 11.2. The Morgan fingerprint density at radius 2 is 2.00 bits per heavy atom. The Balaban J connectivity index is 2.24. The minimum atomic E-state index is -0.101. The number of halogens is 1. The van der Waals surface area contributed by atoms with Crippen molar-refractivity contribution in [3.8, 4) is 0 Å². The molecule has 94 valence electrons. The average Bonchev–Trinajstić information content (AvgIpc) is 2.38. The summed E-state index contributed by atoms with van der Waals surface area (Å²) in [7, 11) is 1.66. The molecule has 0 radical (unpaired) electrons. The molecule has 2 rings (SSSR count). The largest absolute Gasteiger partial charge is 0.374 e. The van der Waals surface area contributed by atoms with E-state index in [1.54, 1.807) is 7.11 Å². The minimum absolute atomic E-state index is 0.101. The highest BCUT2D eigenvalue weighted by Crippen LogP contribution is 2.32. The molecule has 0 aliphatic heterocycles. The van der Waals surface area contributed by atoms with E-state index in [4.69, 9.17) is 16.3 Å². The van der Waals surface area contributed by atoms with E-state index >= 15 is 0 Å². The number of nitrogens with zero attached hydrogens (tertiary/aromatic N) is 2. The summed E-state index contributed by atoms with van der Waals surface area (Å²) in [6, 6.07) is 1.91. The summed E-state index contributed by atoms with van der Waals surface area (Å²) in [5.74, 6) is 1.24. The third-order valence-corrected chi connectivity index (χ3v) is 3.67. The molecule has 0 saturated heterocycles. The van der Waals surface area contributed by atoms with E-state index in [0.717, 1.165) is 5.69 Å². The maximum absolute atomic E-state index is 6.06. The van der Waals surface area contributed by atoms with E-state index in [2.05, 4.69) is 9.97 Å². The van der Waals surface area contributed by atoms with Gasteiger partial charge in [-0.3, -0.25) is 0 Å². The van der Waals surface area contributed by atoms with Gasteiger partial charge in [-0.15, -0.1) is 0 Å². The Labute approximate surface area is 108 Å². The summed E-state index contributed by atoms with van der Waals surface area (Å²) in [6.45, 7) is 1.94. The van der Waals surface area contributed by atoms with Crippen molar-refractivity contribution in [1.29, 1.82) is 0 Å². The van der Waals surface area contributed by atoms with Crippen LogP contribution in [-0.2, 0) is 4.74 Å².